The van der Waals surface area contributed by atoms with Gasteiger partial charge >= 0.3 is 0 Å². The third-order valence-corrected chi connectivity index (χ3v) is 13.7. The molecule has 0 fully saturated rings. The fourth-order valence-corrected chi connectivity index (χ4v) is 11.0. The van der Waals surface area contributed by atoms with E-state index < -0.39 is 0 Å². The Bertz CT molecular complexity index is 3380. The van der Waals surface area contributed by atoms with Crippen molar-refractivity contribution in [3.63, 3.8) is 0 Å². The first-order chi connectivity index (χ1) is 27.5. The van der Waals surface area contributed by atoms with Gasteiger partial charge in [-0.25, -0.2) is 0 Å². The van der Waals surface area contributed by atoms with Gasteiger partial charge < -0.3 is 0 Å². The van der Waals surface area contributed by atoms with E-state index in [4.69, 9.17) is 0 Å². The highest BCUT2D eigenvalue weighted by Gasteiger charge is 2.36. The van der Waals surface area contributed by atoms with Gasteiger partial charge in [0.1, 0.15) is 0 Å². The van der Waals surface area contributed by atoms with Crippen LogP contribution in [0.3, 0.4) is 0 Å². The fraction of sp³-hybridized carbons (Fsp3) is 0.0545. The highest BCUT2D eigenvalue weighted by Crippen LogP contribution is 2.53. The molecule has 0 bridgehead atoms. The first kappa shape index (κ1) is 31.8. The molecule has 1 heteroatoms. The van der Waals surface area contributed by atoms with Crippen molar-refractivity contribution in [1.29, 1.82) is 0 Å². The zero-order valence-corrected chi connectivity index (χ0v) is 32.0. The molecule has 262 valence electrons. The SMILES string of the molecule is CC1(C)c2cc(-c3ccc4cc(-c5c6ccccc6c(-c6ccccc6)c6ccccc56)ccc4c3)ccc2-c2cc3sc4ccc5ccccc5c4c3cc21. The first-order valence-electron chi connectivity index (χ1n) is 19.6. The third kappa shape index (κ3) is 4.53. The second-order valence-electron chi connectivity index (χ2n) is 16.0. The van der Waals surface area contributed by atoms with Crippen molar-refractivity contribution in [2.24, 2.45) is 0 Å². The van der Waals surface area contributed by atoms with Crippen molar-refractivity contribution in [3.8, 4) is 44.5 Å². The van der Waals surface area contributed by atoms with Gasteiger partial charge in [0, 0.05) is 25.6 Å². The molecule has 0 amide bonds. The lowest BCUT2D eigenvalue weighted by Crippen LogP contribution is -2.15. The normalized spacial score (nSPS) is 13.3. The Labute approximate surface area is 329 Å². The molecule has 1 heterocycles. The van der Waals surface area contributed by atoms with Gasteiger partial charge in [0.25, 0.3) is 0 Å². The predicted octanol–water partition coefficient (Wildman–Crippen LogP) is 16.0. The molecule has 0 spiro atoms. The largest absolute Gasteiger partial charge is 0.135 e. The molecule has 0 unspecified atom stereocenters. The Balaban J connectivity index is 0.957. The lowest BCUT2D eigenvalue weighted by molar-refractivity contribution is 0.661. The minimum atomic E-state index is -0.110. The second-order valence-corrected chi connectivity index (χ2v) is 17.1. The maximum Gasteiger partial charge on any atom is 0.0362 e. The van der Waals surface area contributed by atoms with Gasteiger partial charge in [-0.3, -0.25) is 0 Å². The van der Waals surface area contributed by atoms with E-state index in [2.05, 4.69) is 196 Å². The van der Waals surface area contributed by atoms with Crippen molar-refractivity contribution < 1.29 is 0 Å². The van der Waals surface area contributed by atoms with E-state index in [0.717, 1.165) is 0 Å². The molecule has 1 aromatic heterocycles. The van der Waals surface area contributed by atoms with Gasteiger partial charge in [0.15, 0.2) is 0 Å². The molecule has 0 N–H and O–H groups in total. The van der Waals surface area contributed by atoms with Crippen LogP contribution >= 0.6 is 11.3 Å². The molecule has 56 heavy (non-hydrogen) atoms. The molecule has 12 rings (SSSR count). The summed E-state index contributed by atoms with van der Waals surface area (Å²) in [6, 6.07) is 68.2. The number of fused-ring (bicyclic) bond motifs is 11. The van der Waals surface area contributed by atoms with Crippen LogP contribution in [-0.2, 0) is 5.41 Å². The number of benzene rings is 10. The summed E-state index contributed by atoms with van der Waals surface area (Å²) in [6.07, 6.45) is 0. The average molecular weight is 729 g/mol. The minimum absolute atomic E-state index is 0.110. The summed E-state index contributed by atoms with van der Waals surface area (Å²) in [5.41, 5.74) is 13.1. The lowest BCUT2D eigenvalue weighted by atomic mass is 9.81. The average Bonchev–Trinajstić information content (AvgIpc) is 3.72. The Hall–Kier alpha value is -6.54. The maximum absolute atomic E-state index is 2.50. The van der Waals surface area contributed by atoms with Crippen LogP contribution in [0.25, 0.3) is 108 Å². The van der Waals surface area contributed by atoms with Crippen molar-refractivity contribution in [3.05, 3.63) is 193 Å². The van der Waals surface area contributed by atoms with Crippen LogP contribution < -0.4 is 0 Å². The van der Waals surface area contributed by atoms with Crippen molar-refractivity contribution in [2.45, 2.75) is 19.3 Å². The molecule has 1 aliphatic rings. The smallest absolute Gasteiger partial charge is 0.0362 e. The summed E-state index contributed by atoms with van der Waals surface area (Å²) in [5, 5.41) is 13.1. The van der Waals surface area contributed by atoms with E-state index in [1.54, 1.807) is 0 Å². The third-order valence-electron chi connectivity index (χ3n) is 12.6. The number of hydrogen-bond acceptors (Lipinski definition) is 1. The summed E-state index contributed by atoms with van der Waals surface area (Å²) >= 11 is 1.92. The van der Waals surface area contributed by atoms with Gasteiger partial charge in [-0.15, -0.1) is 11.3 Å². The van der Waals surface area contributed by atoms with Crippen LogP contribution in [0.1, 0.15) is 25.0 Å². The minimum Gasteiger partial charge on any atom is -0.135 e. The van der Waals surface area contributed by atoms with E-state index in [0.29, 0.717) is 0 Å². The van der Waals surface area contributed by atoms with Gasteiger partial charge in [-0.1, -0.05) is 159 Å². The molecule has 0 saturated carbocycles. The van der Waals surface area contributed by atoms with Crippen LogP contribution in [0.2, 0.25) is 0 Å². The van der Waals surface area contributed by atoms with Gasteiger partial charge in [-0.05, 0) is 135 Å². The maximum atomic E-state index is 2.50. The number of hydrogen-bond donors (Lipinski definition) is 0. The Morgan fingerprint density at radius 3 is 1.59 bits per heavy atom. The quantitative estimate of drug-likeness (QED) is 0.159. The van der Waals surface area contributed by atoms with Crippen LogP contribution in [0, 0.1) is 0 Å². The van der Waals surface area contributed by atoms with Crippen molar-refractivity contribution in [1.82, 2.24) is 0 Å². The molecule has 11 aromatic rings. The van der Waals surface area contributed by atoms with Crippen LogP contribution in [-0.4, -0.2) is 0 Å². The van der Waals surface area contributed by atoms with E-state index >= 15 is 0 Å². The molecular formula is C55H36S. The van der Waals surface area contributed by atoms with E-state index in [9.17, 15) is 0 Å². The van der Waals surface area contributed by atoms with Crippen molar-refractivity contribution >= 4 is 74.6 Å². The number of rotatable bonds is 3. The van der Waals surface area contributed by atoms with E-state index in [1.165, 1.54) is 119 Å². The predicted molar refractivity (Wildman–Crippen MR) is 243 cm³/mol. The zero-order chi connectivity index (χ0) is 37.1. The highest BCUT2D eigenvalue weighted by atomic mass is 32.1. The van der Waals surface area contributed by atoms with Crippen LogP contribution in [0.4, 0.5) is 0 Å². The second kappa shape index (κ2) is 11.7. The van der Waals surface area contributed by atoms with Crippen LogP contribution in [0.15, 0.2) is 182 Å². The fourth-order valence-electron chi connectivity index (χ4n) is 9.89. The summed E-state index contributed by atoms with van der Waals surface area (Å²) < 4.78 is 2.73. The van der Waals surface area contributed by atoms with Gasteiger partial charge in [0.2, 0.25) is 0 Å². The first-order valence-corrected chi connectivity index (χ1v) is 20.4. The highest BCUT2D eigenvalue weighted by molar-refractivity contribution is 7.26. The Morgan fingerprint density at radius 2 is 0.875 bits per heavy atom. The molecule has 0 nitrogen and oxygen atoms in total. The Kier molecular flexibility index (Phi) is 6.66. The molecule has 0 saturated heterocycles. The number of thiophene rings is 1. The molecule has 0 radical (unpaired) electrons. The molecule has 1 aliphatic carbocycles. The molecular weight excluding hydrogens is 693 g/mol. The Morgan fingerprint density at radius 1 is 0.339 bits per heavy atom. The molecule has 0 atom stereocenters. The van der Waals surface area contributed by atoms with E-state index in [1.807, 2.05) is 11.3 Å². The summed E-state index contributed by atoms with van der Waals surface area (Å²) in [5.74, 6) is 0. The van der Waals surface area contributed by atoms with E-state index in [-0.39, 0.29) is 5.41 Å². The summed E-state index contributed by atoms with van der Waals surface area (Å²) in [4.78, 5) is 0. The summed E-state index contributed by atoms with van der Waals surface area (Å²) in [7, 11) is 0. The summed E-state index contributed by atoms with van der Waals surface area (Å²) in [6.45, 7) is 4.81. The lowest BCUT2D eigenvalue weighted by Gasteiger charge is -2.22. The topological polar surface area (TPSA) is 0 Å². The zero-order valence-electron chi connectivity index (χ0n) is 31.2. The molecule has 0 aliphatic heterocycles. The van der Waals surface area contributed by atoms with Gasteiger partial charge in [0.05, 0.1) is 0 Å². The monoisotopic (exact) mass is 728 g/mol. The van der Waals surface area contributed by atoms with Crippen molar-refractivity contribution in [2.75, 3.05) is 0 Å². The standard InChI is InChI=1S/C55H36S/c1-55(2)48-30-38(24-26-41(48)46-32-51-47(31-49(46)55)54-40-15-7-6-12-33(40)25-27-50(54)56-51)36-20-21-37-29-39(23-22-35(37)28-36)53-44-18-10-8-16-42(44)52(34-13-4-3-5-14-34)43-17-9-11-19-45(43)53/h3-32H,1-2H3. The van der Waals surface area contributed by atoms with Crippen LogP contribution in [0.5, 0.6) is 0 Å². The van der Waals surface area contributed by atoms with Gasteiger partial charge in [-0.2, -0.15) is 0 Å². The molecule has 10 aromatic carbocycles.